The van der Waals surface area contributed by atoms with Crippen LogP contribution in [0.2, 0.25) is 5.02 Å². The summed E-state index contributed by atoms with van der Waals surface area (Å²) in [6, 6.07) is 3.19. The molecule has 206 valence electrons. The molecule has 0 bridgehead atoms. The molecule has 0 radical (unpaired) electrons. The van der Waals surface area contributed by atoms with Crippen molar-refractivity contribution in [3.63, 3.8) is 0 Å². The van der Waals surface area contributed by atoms with Gasteiger partial charge >= 0.3 is 0 Å². The molecule has 9 nitrogen and oxygen atoms in total. The number of likely N-dealkylation sites (tertiary alicyclic amines) is 1. The van der Waals surface area contributed by atoms with Crippen molar-refractivity contribution in [2.45, 2.75) is 69.0 Å². The quantitative estimate of drug-likeness (QED) is 0.501. The molecule has 2 aliphatic heterocycles. The minimum atomic E-state index is -0.838. The Kier molecular flexibility index (Phi) is 6.45. The SMILES string of the molecule is COc1c(Cl)cc(F)c2[nH]c(C(=O)N3CC4CCCCC4[C@H]3C(=O)N[C@H](C#N)C[C@@H]3CC4(CC4)NC3=O)cc12. The van der Waals surface area contributed by atoms with E-state index in [1.165, 1.54) is 13.2 Å². The minimum Gasteiger partial charge on any atom is -0.494 e. The third-order valence-electron chi connectivity index (χ3n) is 9.12. The second-order valence-corrected chi connectivity index (χ2v) is 12.0. The number of ether oxygens (including phenoxy) is 1. The number of amides is 3. The van der Waals surface area contributed by atoms with Crippen LogP contribution in [0.4, 0.5) is 4.39 Å². The summed E-state index contributed by atoms with van der Waals surface area (Å²) in [6.45, 7) is 0.405. The van der Waals surface area contributed by atoms with Gasteiger partial charge in [-0.05, 0) is 62.5 Å². The molecule has 1 aromatic carbocycles. The molecule has 5 atom stereocenters. The van der Waals surface area contributed by atoms with E-state index in [1.54, 1.807) is 4.90 Å². The van der Waals surface area contributed by atoms with Gasteiger partial charge in [-0.25, -0.2) is 4.39 Å². The van der Waals surface area contributed by atoms with E-state index in [0.29, 0.717) is 18.4 Å². The maximum atomic E-state index is 14.7. The molecule has 39 heavy (non-hydrogen) atoms. The Morgan fingerprint density at radius 1 is 1.33 bits per heavy atom. The molecular weight excluding hydrogens is 525 g/mol. The number of H-pyrrole nitrogens is 1. The fraction of sp³-hybridized carbons (Fsp3) is 0.571. The first-order valence-corrected chi connectivity index (χ1v) is 14.0. The summed E-state index contributed by atoms with van der Waals surface area (Å²) in [6.07, 6.45) is 6.55. The number of carbonyl (C=O) groups excluding carboxylic acids is 3. The van der Waals surface area contributed by atoms with Crippen molar-refractivity contribution >= 4 is 40.2 Å². The molecule has 2 aliphatic carbocycles. The number of nitrogens with one attached hydrogen (secondary N) is 3. The van der Waals surface area contributed by atoms with Crippen molar-refractivity contribution in [3.05, 3.63) is 28.7 Å². The Morgan fingerprint density at radius 2 is 2.10 bits per heavy atom. The molecule has 6 rings (SSSR count). The summed E-state index contributed by atoms with van der Waals surface area (Å²) < 4.78 is 20.0. The number of fused-ring (bicyclic) bond motifs is 2. The normalized spacial score (nSPS) is 27.6. The molecule has 11 heteroatoms. The van der Waals surface area contributed by atoms with Gasteiger partial charge in [-0.3, -0.25) is 14.4 Å². The monoisotopic (exact) mass is 555 g/mol. The highest BCUT2D eigenvalue weighted by atomic mass is 35.5. The van der Waals surface area contributed by atoms with Crippen LogP contribution in [0.25, 0.3) is 10.9 Å². The van der Waals surface area contributed by atoms with Gasteiger partial charge < -0.3 is 25.3 Å². The second kappa shape index (κ2) is 9.70. The first-order chi connectivity index (χ1) is 18.7. The lowest BCUT2D eigenvalue weighted by atomic mass is 9.78. The summed E-state index contributed by atoms with van der Waals surface area (Å²) in [5.74, 6) is -1.40. The predicted molar refractivity (Wildman–Crippen MR) is 140 cm³/mol. The molecule has 3 heterocycles. The van der Waals surface area contributed by atoms with Crippen LogP contribution in [0.15, 0.2) is 12.1 Å². The Bertz CT molecular complexity index is 1400. The van der Waals surface area contributed by atoms with E-state index in [1.807, 2.05) is 0 Å². The molecular formula is C28H31ClFN5O4. The van der Waals surface area contributed by atoms with Gasteiger partial charge in [0.25, 0.3) is 5.91 Å². The van der Waals surface area contributed by atoms with E-state index in [2.05, 4.69) is 21.7 Å². The van der Waals surface area contributed by atoms with Crippen molar-refractivity contribution in [1.29, 1.82) is 5.26 Å². The van der Waals surface area contributed by atoms with Gasteiger partial charge in [0.15, 0.2) is 0 Å². The Balaban J connectivity index is 1.25. The van der Waals surface area contributed by atoms with Crippen LogP contribution in [0.3, 0.4) is 0 Å². The highest BCUT2D eigenvalue weighted by Crippen LogP contribution is 2.46. The van der Waals surface area contributed by atoms with Gasteiger partial charge in [0, 0.05) is 23.4 Å². The van der Waals surface area contributed by atoms with Crippen molar-refractivity contribution in [2.24, 2.45) is 17.8 Å². The van der Waals surface area contributed by atoms with Crippen LogP contribution in [-0.2, 0) is 9.59 Å². The summed E-state index contributed by atoms with van der Waals surface area (Å²) in [4.78, 5) is 44.4. The molecule has 2 saturated carbocycles. The predicted octanol–water partition coefficient (Wildman–Crippen LogP) is 3.67. The number of aromatic nitrogens is 1. The second-order valence-electron chi connectivity index (χ2n) is 11.6. The highest BCUT2D eigenvalue weighted by Gasteiger charge is 2.53. The van der Waals surface area contributed by atoms with Crippen molar-refractivity contribution in [2.75, 3.05) is 13.7 Å². The van der Waals surface area contributed by atoms with Crippen molar-refractivity contribution in [3.8, 4) is 11.8 Å². The summed E-state index contributed by atoms with van der Waals surface area (Å²) >= 11 is 6.14. The lowest BCUT2D eigenvalue weighted by Gasteiger charge is -2.30. The van der Waals surface area contributed by atoms with Gasteiger partial charge in [0.1, 0.15) is 29.3 Å². The summed E-state index contributed by atoms with van der Waals surface area (Å²) in [5, 5.41) is 16.2. The summed E-state index contributed by atoms with van der Waals surface area (Å²) in [7, 11) is 1.42. The Hall–Kier alpha value is -3.32. The van der Waals surface area contributed by atoms with E-state index >= 15 is 0 Å². The maximum absolute atomic E-state index is 14.7. The minimum absolute atomic E-state index is 0.0309. The molecule has 2 saturated heterocycles. The van der Waals surface area contributed by atoms with E-state index in [0.717, 1.165) is 44.6 Å². The maximum Gasteiger partial charge on any atom is 0.271 e. The van der Waals surface area contributed by atoms with Crippen molar-refractivity contribution in [1.82, 2.24) is 20.5 Å². The van der Waals surface area contributed by atoms with Gasteiger partial charge in [0.05, 0.1) is 23.7 Å². The standard InChI is InChI=1S/C28H31ClFN5O4/c1-39-24-18-9-21(33-22(18)20(30)10-19(24)29)27(38)35-13-14-4-2-3-5-17(14)23(35)26(37)32-16(12-31)8-15-11-28(6-7-28)34-25(15)36/h9-10,14-17,23,33H,2-8,11,13H2,1H3,(H,32,37)(H,34,36)/t14?,15-,16+,17?,23+/m1/s1. The molecule has 1 spiro atoms. The fourth-order valence-electron chi connectivity index (χ4n) is 7.03. The average molecular weight is 556 g/mol. The zero-order chi connectivity index (χ0) is 27.5. The van der Waals surface area contributed by atoms with Crippen LogP contribution < -0.4 is 15.4 Å². The third-order valence-corrected chi connectivity index (χ3v) is 9.40. The Morgan fingerprint density at radius 3 is 2.79 bits per heavy atom. The number of hydrogen-bond acceptors (Lipinski definition) is 5. The third kappa shape index (κ3) is 4.50. The molecule has 4 aliphatic rings. The first-order valence-electron chi connectivity index (χ1n) is 13.6. The van der Waals surface area contributed by atoms with E-state index in [4.69, 9.17) is 16.3 Å². The first kappa shape index (κ1) is 25.9. The number of hydrogen-bond donors (Lipinski definition) is 3. The average Bonchev–Trinajstić information content (AvgIpc) is 3.25. The lowest BCUT2D eigenvalue weighted by molar-refractivity contribution is -0.127. The number of nitriles is 1. The largest absolute Gasteiger partial charge is 0.494 e. The van der Waals surface area contributed by atoms with Crippen LogP contribution >= 0.6 is 11.6 Å². The molecule has 4 fully saturated rings. The highest BCUT2D eigenvalue weighted by molar-refractivity contribution is 6.33. The van der Waals surface area contributed by atoms with E-state index in [-0.39, 0.29) is 63.5 Å². The number of carbonyl (C=O) groups is 3. The van der Waals surface area contributed by atoms with Crippen LogP contribution in [-0.4, -0.2) is 58.9 Å². The zero-order valence-electron chi connectivity index (χ0n) is 21.7. The van der Waals surface area contributed by atoms with Crippen molar-refractivity contribution < 1.29 is 23.5 Å². The van der Waals surface area contributed by atoms with Crippen LogP contribution in [0.5, 0.6) is 5.75 Å². The fourth-order valence-corrected chi connectivity index (χ4v) is 7.31. The summed E-state index contributed by atoms with van der Waals surface area (Å²) in [5.41, 5.74) is 0.127. The van der Waals surface area contributed by atoms with E-state index < -0.39 is 23.8 Å². The van der Waals surface area contributed by atoms with Gasteiger partial charge in [-0.1, -0.05) is 24.4 Å². The van der Waals surface area contributed by atoms with Crippen LogP contribution in [0, 0.1) is 34.9 Å². The number of nitrogens with zero attached hydrogens (tertiary/aromatic N) is 2. The van der Waals surface area contributed by atoms with E-state index in [9.17, 15) is 24.0 Å². The number of methoxy groups -OCH3 is 1. The number of rotatable bonds is 6. The Labute approximate surface area is 230 Å². The zero-order valence-corrected chi connectivity index (χ0v) is 22.4. The molecule has 2 aromatic rings. The lowest BCUT2D eigenvalue weighted by Crippen LogP contribution is -2.51. The molecule has 3 N–H and O–H groups in total. The smallest absolute Gasteiger partial charge is 0.271 e. The number of halogens is 2. The van der Waals surface area contributed by atoms with Gasteiger partial charge in [-0.2, -0.15) is 5.26 Å². The van der Waals surface area contributed by atoms with Gasteiger partial charge in [0.2, 0.25) is 11.8 Å². The molecule has 2 unspecified atom stereocenters. The van der Waals surface area contributed by atoms with Gasteiger partial charge in [-0.15, -0.1) is 0 Å². The molecule has 3 amide bonds. The number of aromatic amines is 1. The van der Waals surface area contributed by atoms with Crippen LogP contribution in [0.1, 0.15) is 61.9 Å². The number of benzene rings is 1. The molecule has 1 aromatic heterocycles. The topological polar surface area (TPSA) is 127 Å².